The number of ether oxygens (including phenoxy) is 1. The minimum absolute atomic E-state index is 0.0240. The van der Waals surface area contributed by atoms with Crippen molar-refractivity contribution in [3.8, 4) is 0 Å². The van der Waals surface area contributed by atoms with Crippen molar-refractivity contribution in [2.24, 2.45) is 5.41 Å². The van der Waals surface area contributed by atoms with E-state index in [1.54, 1.807) is 0 Å². The van der Waals surface area contributed by atoms with E-state index in [4.69, 9.17) is 19.7 Å². The Bertz CT molecular complexity index is 894. The Morgan fingerprint density at radius 2 is 1.56 bits per heavy atom. The maximum absolute atomic E-state index is 13.4. The number of rotatable bonds is 2. The van der Waals surface area contributed by atoms with Gasteiger partial charge in [0.25, 0.3) is 0 Å². The maximum atomic E-state index is 13.4. The van der Waals surface area contributed by atoms with Crippen molar-refractivity contribution < 1.29 is 13.5 Å². The number of aromatic nitrogens is 4. The molecule has 1 aliphatic heterocycles. The third-order valence-electron chi connectivity index (χ3n) is 6.59. The summed E-state index contributed by atoms with van der Waals surface area (Å²) in [7, 11) is 0. The highest BCUT2D eigenvalue weighted by Gasteiger charge is 2.62. The minimum atomic E-state index is -2.47. The van der Waals surface area contributed by atoms with E-state index in [0.717, 1.165) is 67.3 Å². The van der Waals surface area contributed by atoms with Gasteiger partial charge in [-0.1, -0.05) is 0 Å². The zero-order valence-electron chi connectivity index (χ0n) is 15.8. The van der Waals surface area contributed by atoms with E-state index in [0.29, 0.717) is 5.65 Å². The van der Waals surface area contributed by atoms with Crippen molar-refractivity contribution in [3.63, 3.8) is 0 Å². The standard InChI is InChI=1S/C20H24F2N4O/c1-11-12(2)24-18-16(23-11)15(14-7-19(8-14)9-20(21,22)10-19)25-17(26-18)13-3-5-27-6-4-13/h13-14H,3-10H2,1-2H3. The number of nitrogens with zero attached hydrogens (tertiary/aromatic N) is 4. The Balaban J connectivity index is 1.52. The van der Waals surface area contributed by atoms with E-state index in [1.165, 1.54) is 0 Å². The van der Waals surface area contributed by atoms with Crippen molar-refractivity contribution in [2.75, 3.05) is 13.2 Å². The van der Waals surface area contributed by atoms with Crippen LogP contribution in [0.5, 0.6) is 0 Å². The maximum Gasteiger partial charge on any atom is 0.249 e. The molecule has 144 valence electrons. The lowest BCUT2D eigenvalue weighted by Gasteiger charge is -2.57. The average molecular weight is 374 g/mol. The van der Waals surface area contributed by atoms with Gasteiger partial charge >= 0.3 is 0 Å². The second kappa shape index (κ2) is 5.87. The zero-order valence-corrected chi connectivity index (χ0v) is 15.8. The monoisotopic (exact) mass is 374 g/mol. The first-order valence-corrected chi connectivity index (χ1v) is 9.83. The molecule has 27 heavy (non-hydrogen) atoms. The molecule has 7 heteroatoms. The highest BCUT2D eigenvalue weighted by atomic mass is 19.3. The highest BCUT2D eigenvalue weighted by molar-refractivity contribution is 5.74. The van der Waals surface area contributed by atoms with Gasteiger partial charge in [-0.15, -0.1) is 0 Å². The first-order chi connectivity index (χ1) is 12.8. The molecule has 2 aromatic heterocycles. The lowest BCUT2D eigenvalue weighted by atomic mass is 9.49. The summed E-state index contributed by atoms with van der Waals surface area (Å²) in [5.41, 5.74) is 3.86. The molecule has 0 atom stereocenters. The van der Waals surface area contributed by atoms with E-state index in [2.05, 4.69) is 4.98 Å². The van der Waals surface area contributed by atoms with Gasteiger partial charge in [0.1, 0.15) is 11.3 Å². The number of alkyl halides is 2. The quantitative estimate of drug-likeness (QED) is 0.787. The van der Waals surface area contributed by atoms with Gasteiger partial charge in [-0.2, -0.15) is 0 Å². The van der Waals surface area contributed by atoms with Crippen molar-refractivity contribution >= 4 is 11.2 Å². The Hall–Kier alpha value is -1.76. The van der Waals surface area contributed by atoms with Crippen LogP contribution in [-0.4, -0.2) is 39.1 Å². The van der Waals surface area contributed by atoms with Crippen LogP contribution in [0.1, 0.15) is 73.3 Å². The predicted octanol–water partition coefficient (Wildman–Crippen LogP) is 4.22. The normalized spacial score (nSPS) is 24.7. The molecule has 2 aromatic rings. The molecule has 0 unspecified atom stereocenters. The van der Waals surface area contributed by atoms with E-state index < -0.39 is 5.92 Å². The molecular formula is C20H24F2N4O. The molecular weight excluding hydrogens is 350 g/mol. The van der Waals surface area contributed by atoms with Gasteiger partial charge in [-0.3, -0.25) is 0 Å². The van der Waals surface area contributed by atoms with Crippen LogP contribution >= 0.6 is 0 Å². The van der Waals surface area contributed by atoms with Gasteiger partial charge in [0.05, 0.1) is 17.1 Å². The molecule has 0 radical (unpaired) electrons. The van der Waals surface area contributed by atoms with E-state index in [1.807, 2.05) is 13.8 Å². The van der Waals surface area contributed by atoms with Gasteiger partial charge in [-0.25, -0.2) is 28.7 Å². The topological polar surface area (TPSA) is 60.8 Å². The van der Waals surface area contributed by atoms with E-state index in [-0.39, 0.29) is 30.1 Å². The Morgan fingerprint density at radius 1 is 0.889 bits per heavy atom. The Labute approximate surface area is 157 Å². The second-order valence-electron chi connectivity index (χ2n) is 8.74. The Kier molecular flexibility index (Phi) is 3.77. The molecule has 1 spiro atoms. The van der Waals surface area contributed by atoms with Crippen LogP contribution in [0.25, 0.3) is 11.2 Å². The van der Waals surface area contributed by atoms with Crippen LogP contribution in [-0.2, 0) is 4.74 Å². The first-order valence-electron chi connectivity index (χ1n) is 9.83. The molecule has 0 amide bonds. The van der Waals surface area contributed by atoms with Crippen LogP contribution < -0.4 is 0 Å². The molecule has 0 aromatic carbocycles. The second-order valence-corrected chi connectivity index (χ2v) is 8.74. The van der Waals surface area contributed by atoms with Crippen LogP contribution in [0.2, 0.25) is 0 Å². The third kappa shape index (κ3) is 2.91. The number of fused-ring (bicyclic) bond motifs is 1. The number of halogens is 2. The van der Waals surface area contributed by atoms with Gasteiger partial charge in [0, 0.05) is 37.9 Å². The highest BCUT2D eigenvalue weighted by Crippen LogP contribution is 2.67. The summed E-state index contributed by atoms with van der Waals surface area (Å²) in [4.78, 5) is 19.0. The summed E-state index contributed by atoms with van der Waals surface area (Å²) in [5, 5.41) is 0. The van der Waals surface area contributed by atoms with Crippen LogP contribution in [0, 0.1) is 19.3 Å². The fourth-order valence-electron chi connectivity index (χ4n) is 5.09. The number of hydrogen-bond donors (Lipinski definition) is 0. The summed E-state index contributed by atoms with van der Waals surface area (Å²) in [5.74, 6) is -1.20. The smallest absolute Gasteiger partial charge is 0.249 e. The van der Waals surface area contributed by atoms with E-state index in [9.17, 15) is 8.78 Å². The predicted molar refractivity (Wildman–Crippen MR) is 96.0 cm³/mol. The fourth-order valence-corrected chi connectivity index (χ4v) is 5.09. The largest absolute Gasteiger partial charge is 0.381 e. The van der Waals surface area contributed by atoms with E-state index >= 15 is 0 Å². The molecule has 3 aliphatic rings. The molecule has 3 fully saturated rings. The van der Waals surface area contributed by atoms with Gasteiger partial charge in [0.15, 0.2) is 5.65 Å². The molecule has 2 saturated carbocycles. The molecule has 0 N–H and O–H groups in total. The van der Waals surface area contributed by atoms with Gasteiger partial charge in [0.2, 0.25) is 5.92 Å². The lowest BCUT2D eigenvalue weighted by molar-refractivity contribution is -0.196. The summed E-state index contributed by atoms with van der Waals surface area (Å²) in [6.45, 7) is 5.32. The van der Waals surface area contributed by atoms with Crippen LogP contribution in [0.4, 0.5) is 8.78 Å². The number of aryl methyl sites for hydroxylation is 2. The molecule has 2 aliphatic carbocycles. The van der Waals surface area contributed by atoms with Crippen LogP contribution in [0.3, 0.4) is 0 Å². The first kappa shape index (κ1) is 17.3. The minimum Gasteiger partial charge on any atom is -0.381 e. The third-order valence-corrected chi connectivity index (χ3v) is 6.59. The molecule has 5 rings (SSSR count). The molecule has 0 bridgehead atoms. The summed E-state index contributed by atoms with van der Waals surface area (Å²) in [6.07, 6.45) is 3.41. The summed E-state index contributed by atoms with van der Waals surface area (Å²) >= 11 is 0. The van der Waals surface area contributed by atoms with Crippen molar-refractivity contribution in [2.45, 2.75) is 70.1 Å². The van der Waals surface area contributed by atoms with Gasteiger partial charge < -0.3 is 4.74 Å². The zero-order chi connectivity index (χ0) is 18.8. The lowest BCUT2D eigenvalue weighted by Crippen LogP contribution is -2.53. The van der Waals surface area contributed by atoms with Crippen molar-refractivity contribution in [1.29, 1.82) is 0 Å². The molecule has 5 nitrogen and oxygen atoms in total. The Morgan fingerprint density at radius 3 is 2.22 bits per heavy atom. The SMILES string of the molecule is Cc1nc2nc(C3CCOCC3)nc(C3CC4(C3)CC(F)(F)C4)c2nc1C. The molecule has 3 heterocycles. The summed E-state index contributed by atoms with van der Waals surface area (Å²) < 4.78 is 32.2. The number of hydrogen-bond acceptors (Lipinski definition) is 5. The van der Waals surface area contributed by atoms with Crippen LogP contribution in [0.15, 0.2) is 0 Å². The van der Waals surface area contributed by atoms with Gasteiger partial charge in [-0.05, 0) is 44.9 Å². The van der Waals surface area contributed by atoms with Crippen molar-refractivity contribution in [1.82, 2.24) is 19.9 Å². The summed E-state index contributed by atoms with van der Waals surface area (Å²) in [6, 6.07) is 0. The fraction of sp³-hybridized carbons (Fsp3) is 0.700. The average Bonchev–Trinajstić information content (AvgIpc) is 2.58. The van der Waals surface area contributed by atoms with Crippen molar-refractivity contribution in [3.05, 3.63) is 22.9 Å². The molecule has 1 saturated heterocycles.